The van der Waals surface area contributed by atoms with Gasteiger partial charge >= 0.3 is 0 Å². The molecule has 0 aliphatic rings. The Kier molecular flexibility index (Phi) is 3.58. The standard InChI is InChI=1S/C10H14BrNO2S/c1-10(2,7-11)8-5-3-4-6-9(8)15(12,13)14/h3-6H,7H2,1-2H3,(H2,12,13,14). The molecule has 0 unspecified atom stereocenters. The highest BCUT2D eigenvalue weighted by atomic mass is 79.9. The number of primary sulfonamides is 1. The third-order valence-electron chi connectivity index (χ3n) is 2.26. The van der Waals surface area contributed by atoms with Crippen LogP contribution in [0, 0.1) is 0 Å². The van der Waals surface area contributed by atoms with E-state index in [1.165, 1.54) is 6.07 Å². The Balaban J connectivity index is 3.44. The van der Waals surface area contributed by atoms with Crippen LogP contribution in [0.3, 0.4) is 0 Å². The highest BCUT2D eigenvalue weighted by Crippen LogP contribution is 2.30. The molecule has 0 heterocycles. The minimum atomic E-state index is -3.65. The first-order valence-electron chi connectivity index (χ1n) is 4.47. The van der Waals surface area contributed by atoms with E-state index < -0.39 is 10.0 Å². The Labute approximate surface area is 98.9 Å². The summed E-state index contributed by atoms with van der Waals surface area (Å²) in [5.74, 6) is 0. The van der Waals surface area contributed by atoms with Gasteiger partial charge in [0, 0.05) is 10.7 Å². The van der Waals surface area contributed by atoms with Gasteiger partial charge in [-0.1, -0.05) is 48.0 Å². The summed E-state index contributed by atoms with van der Waals surface area (Å²) >= 11 is 3.37. The van der Waals surface area contributed by atoms with Crippen LogP contribution in [-0.2, 0) is 15.4 Å². The normalized spacial score (nSPS) is 12.8. The second-order valence-corrected chi connectivity index (χ2v) is 6.15. The summed E-state index contributed by atoms with van der Waals surface area (Å²) in [5, 5.41) is 5.84. The summed E-state index contributed by atoms with van der Waals surface area (Å²) in [6, 6.07) is 6.82. The van der Waals surface area contributed by atoms with Crippen LogP contribution < -0.4 is 5.14 Å². The number of nitrogens with two attached hydrogens (primary N) is 1. The molecule has 0 amide bonds. The van der Waals surface area contributed by atoms with E-state index in [1.807, 2.05) is 19.9 Å². The van der Waals surface area contributed by atoms with Crippen molar-refractivity contribution in [3.63, 3.8) is 0 Å². The van der Waals surface area contributed by atoms with E-state index in [-0.39, 0.29) is 10.3 Å². The van der Waals surface area contributed by atoms with Crippen molar-refractivity contribution in [1.29, 1.82) is 0 Å². The van der Waals surface area contributed by atoms with E-state index in [0.717, 1.165) is 5.56 Å². The lowest BCUT2D eigenvalue weighted by atomic mass is 9.87. The average Bonchev–Trinajstić information content (AvgIpc) is 2.16. The lowest BCUT2D eigenvalue weighted by Crippen LogP contribution is -2.24. The van der Waals surface area contributed by atoms with Crippen molar-refractivity contribution in [2.24, 2.45) is 5.14 Å². The van der Waals surface area contributed by atoms with Gasteiger partial charge in [-0.2, -0.15) is 0 Å². The van der Waals surface area contributed by atoms with Crippen molar-refractivity contribution in [1.82, 2.24) is 0 Å². The fourth-order valence-corrected chi connectivity index (χ4v) is 2.57. The molecule has 0 radical (unpaired) electrons. The van der Waals surface area contributed by atoms with Crippen molar-refractivity contribution in [2.75, 3.05) is 5.33 Å². The molecule has 0 spiro atoms. The summed E-state index contributed by atoms with van der Waals surface area (Å²) in [7, 11) is -3.65. The van der Waals surface area contributed by atoms with Gasteiger partial charge in [0.2, 0.25) is 10.0 Å². The van der Waals surface area contributed by atoms with Crippen molar-refractivity contribution < 1.29 is 8.42 Å². The summed E-state index contributed by atoms with van der Waals surface area (Å²) in [5.41, 5.74) is 0.479. The van der Waals surface area contributed by atoms with Crippen LogP contribution in [0.25, 0.3) is 0 Å². The van der Waals surface area contributed by atoms with E-state index in [1.54, 1.807) is 12.1 Å². The van der Waals surface area contributed by atoms with Crippen LogP contribution in [0.5, 0.6) is 0 Å². The molecule has 0 saturated heterocycles. The van der Waals surface area contributed by atoms with E-state index >= 15 is 0 Å². The van der Waals surface area contributed by atoms with Crippen LogP contribution in [0.4, 0.5) is 0 Å². The molecule has 0 saturated carbocycles. The molecule has 0 bridgehead atoms. The number of rotatable bonds is 3. The Morgan fingerprint density at radius 3 is 2.33 bits per heavy atom. The topological polar surface area (TPSA) is 60.2 Å². The number of benzene rings is 1. The zero-order valence-corrected chi connectivity index (χ0v) is 11.1. The SMILES string of the molecule is CC(C)(CBr)c1ccccc1S(N)(=O)=O. The fraction of sp³-hybridized carbons (Fsp3) is 0.400. The Bertz CT molecular complexity index is 454. The molecular formula is C10H14BrNO2S. The molecular weight excluding hydrogens is 278 g/mol. The van der Waals surface area contributed by atoms with Crippen LogP contribution in [0.15, 0.2) is 29.2 Å². The van der Waals surface area contributed by atoms with Crippen molar-refractivity contribution in [3.8, 4) is 0 Å². The molecule has 3 nitrogen and oxygen atoms in total. The summed E-state index contributed by atoms with van der Waals surface area (Å²) < 4.78 is 22.8. The first kappa shape index (κ1) is 12.7. The Morgan fingerprint density at radius 1 is 1.33 bits per heavy atom. The van der Waals surface area contributed by atoms with Crippen molar-refractivity contribution in [3.05, 3.63) is 29.8 Å². The maximum Gasteiger partial charge on any atom is 0.238 e. The number of hydrogen-bond acceptors (Lipinski definition) is 2. The van der Waals surface area contributed by atoms with Crippen LogP contribution in [-0.4, -0.2) is 13.7 Å². The molecule has 84 valence electrons. The first-order chi connectivity index (χ1) is 6.79. The summed E-state index contributed by atoms with van der Waals surface area (Å²) in [6.45, 7) is 3.93. The van der Waals surface area contributed by atoms with E-state index in [0.29, 0.717) is 5.33 Å². The minimum absolute atomic E-state index is 0.203. The number of hydrogen-bond donors (Lipinski definition) is 1. The van der Waals surface area contributed by atoms with Crippen LogP contribution in [0.2, 0.25) is 0 Å². The smallest absolute Gasteiger partial charge is 0.225 e. The van der Waals surface area contributed by atoms with E-state index in [9.17, 15) is 8.42 Å². The molecule has 0 aliphatic heterocycles. The highest BCUT2D eigenvalue weighted by molar-refractivity contribution is 9.09. The van der Waals surface area contributed by atoms with Gasteiger partial charge in [0.25, 0.3) is 0 Å². The summed E-state index contributed by atoms with van der Waals surface area (Å²) in [4.78, 5) is 0.203. The molecule has 1 rings (SSSR count). The third-order valence-corrected chi connectivity index (χ3v) is 4.63. The van der Waals surface area contributed by atoms with Gasteiger partial charge in [0.15, 0.2) is 0 Å². The lowest BCUT2D eigenvalue weighted by Gasteiger charge is -2.24. The van der Waals surface area contributed by atoms with E-state index in [2.05, 4.69) is 15.9 Å². The van der Waals surface area contributed by atoms with Gasteiger partial charge in [0.05, 0.1) is 4.90 Å². The number of halogens is 1. The summed E-state index contributed by atoms with van der Waals surface area (Å²) in [6.07, 6.45) is 0. The van der Waals surface area contributed by atoms with Crippen LogP contribution >= 0.6 is 15.9 Å². The zero-order chi connectivity index (χ0) is 11.7. The number of sulfonamides is 1. The maximum absolute atomic E-state index is 11.4. The second kappa shape index (κ2) is 4.23. The Morgan fingerprint density at radius 2 is 1.87 bits per heavy atom. The van der Waals surface area contributed by atoms with Gasteiger partial charge in [-0.25, -0.2) is 13.6 Å². The van der Waals surface area contributed by atoms with Gasteiger partial charge in [-0.15, -0.1) is 0 Å². The monoisotopic (exact) mass is 291 g/mol. The quantitative estimate of drug-likeness (QED) is 0.866. The molecule has 2 N–H and O–H groups in total. The third kappa shape index (κ3) is 2.80. The van der Waals surface area contributed by atoms with Gasteiger partial charge < -0.3 is 0 Å². The highest BCUT2D eigenvalue weighted by Gasteiger charge is 2.25. The zero-order valence-electron chi connectivity index (χ0n) is 8.70. The maximum atomic E-state index is 11.4. The van der Waals surface area contributed by atoms with Crippen molar-refractivity contribution in [2.45, 2.75) is 24.2 Å². The molecule has 15 heavy (non-hydrogen) atoms. The Hall–Kier alpha value is -0.390. The van der Waals surface area contributed by atoms with Crippen molar-refractivity contribution >= 4 is 26.0 Å². The first-order valence-corrected chi connectivity index (χ1v) is 7.14. The molecule has 0 atom stereocenters. The minimum Gasteiger partial charge on any atom is -0.225 e. The van der Waals surface area contributed by atoms with Gasteiger partial charge in [-0.3, -0.25) is 0 Å². The molecule has 5 heteroatoms. The fourth-order valence-electron chi connectivity index (χ4n) is 1.35. The lowest BCUT2D eigenvalue weighted by molar-refractivity contribution is 0.571. The van der Waals surface area contributed by atoms with Crippen LogP contribution in [0.1, 0.15) is 19.4 Å². The predicted molar refractivity (Wildman–Crippen MR) is 64.6 cm³/mol. The molecule has 0 fully saturated rings. The predicted octanol–water partition coefficient (Wildman–Crippen LogP) is 2.01. The number of alkyl halides is 1. The van der Waals surface area contributed by atoms with E-state index in [4.69, 9.17) is 5.14 Å². The van der Waals surface area contributed by atoms with Gasteiger partial charge in [0.1, 0.15) is 0 Å². The average molecular weight is 292 g/mol. The molecule has 0 aromatic heterocycles. The van der Waals surface area contributed by atoms with Gasteiger partial charge in [-0.05, 0) is 11.6 Å². The molecule has 1 aromatic rings. The molecule has 0 aliphatic carbocycles. The second-order valence-electron chi connectivity index (χ2n) is 4.06. The molecule has 1 aromatic carbocycles. The largest absolute Gasteiger partial charge is 0.238 e.